The van der Waals surface area contributed by atoms with Gasteiger partial charge in [-0.05, 0) is 38.8 Å². The molecule has 0 aliphatic rings. The first-order valence-electron chi connectivity index (χ1n) is 8.66. The number of nitrogens with zero attached hydrogens (tertiary/aromatic N) is 4. The second-order valence-electron chi connectivity index (χ2n) is 6.38. The zero-order chi connectivity index (χ0) is 18.7. The Labute approximate surface area is 157 Å². The molecule has 3 rings (SSSR count). The van der Waals surface area contributed by atoms with Crippen molar-refractivity contribution in [2.24, 2.45) is 0 Å². The van der Waals surface area contributed by atoms with Crippen molar-refractivity contribution in [3.05, 3.63) is 52.8 Å². The maximum absolute atomic E-state index is 12.4. The monoisotopic (exact) mass is 369 g/mol. The second-order valence-corrected chi connectivity index (χ2v) is 7.33. The normalized spacial score (nSPS) is 12.3. The van der Waals surface area contributed by atoms with Crippen LogP contribution in [0, 0.1) is 20.8 Å². The summed E-state index contributed by atoms with van der Waals surface area (Å²) in [6, 6.07) is 10.3. The number of thioether (sulfide) groups is 1. The molecule has 0 fully saturated rings. The van der Waals surface area contributed by atoms with Crippen molar-refractivity contribution < 1.29 is 4.79 Å². The molecule has 2 heterocycles. The van der Waals surface area contributed by atoms with Crippen LogP contribution in [0.5, 0.6) is 0 Å². The van der Waals surface area contributed by atoms with Crippen LogP contribution in [0.4, 0.5) is 0 Å². The van der Waals surface area contributed by atoms with E-state index < -0.39 is 0 Å². The number of aryl methyl sites for hydroxylation is 3. The van der Waals surface area contributed by atoms with E-state index in [-0.39, 0.29) is 17.7 Å². The first-order valence-corrected chi connectivity index (χ1v) is 9.64. The van der Waals surface area contributed by atoms with Gasteiger partial charge in [-0.1, -0.05) is 48.5 Å². The van der Waals surface area contributed by atoms with Gasteiger partial charge in [-0.25, -0.2) is 4.98 Å². The first-order chi connectivity index (χ1) is 12.5. The predicted octanol–water partition coefficient (Wildman–Crippen LogP) is 3.41. The van der Waals surface area contributed by atoms with E-state index in [1.807, 2.05) is 24.3 Å². The van der Waals surface area contributed by atoms with E-state index in [9.17, 15) is 4.79 Å². The van der Waals surface area contributed by atoms with Crippen LogP contribution < -0.4 is 5.32 Å². The number of amides is 1. The quantitative estimate of drug-likeness (QED) is 0.674. The molecule has 0 bridgehead atoms. The number of fused-ring (bicyclic) bond motifs is 1. The Morgan fingerprint density at radius 1 is 1.19 bits per heavy atom. The Kier molecular flexibility index (Phi) is 5.56. The Hall–Kier alpha value is -2.41. The Balaban J connectivity index is 1.66. The molecule has 0 aliphatic heterocycles. The lowest BCUT2D eigenvalue weighted by Crippen LogP contribution is -2.29. The van der Waals surface area contributed by atoms with Gasteiger partial charge >= 0.3 is 0 Å². The maximum Gasteiger partial charge on any atom is 0.256 e. The van der Waals surface area contributed by atoms with Gasteiger partial charge in [0.25, 0.3) is 5.78 Å². The SMILES string of the molecule is CC[C@@H](NC(=O)CSc1nnc2nc(C)cc(C)n12)c1ccc(C)cc1. The van der Waals surface area contributed by atoms with E-state index >= 15 is 0 Å². The molecule has 26 heavy (non-hydrogen) atoms. The highest BCUT2D eigenvalue weighted by molar-refractivity contribution is 7.99. The first kappa shape index (κ1) is 18.4. The van der Waals surface area contributed by atoms with Crippen molar-refractivity contribution in [2.45, 2.75) is 45.3 Å². The van der Waals surface area contributed by atoms with Gasteiger partial charge < -0.3 is 5.32 Å². The number of nitrogens with one attached hydrogen (secondary N) is 1. The fourth-order valence-electron chi connectivity index (χ4n) is 2.88. The average molecular weight is 369 g/mol. The van der Waals surface area contributed by atoms with Crippen LogP contribution in [-0.2, 0) is 4.79 Å². The number of carbonyl (C=O) groups excluding carboxylic acids is 1. The van der Waals surface area contributed by atoms with Gasteiger partial charge in [-0.15, -0.1) is 10.2 Å². The molecule has 1 N–H and O–H groups in total. The molecule has 0 radical (unpaired) electrons. The van der Waals surface area contributed by atoms with Gasteiger partial charge in [0.15, 0.2) is 5.16 Å². The van der Waals surface area contributed by atoms with E-state index in [1.165, 1.54) is 17.3 Å². The van der Waals surface area contributed by atoms with Crippen molar-refractivity contribution in [3.63, 3.8) is 0 Å². The summed E-state index contributed by atoms with van der Waals surface area (Å²) < 4.78 is 1.88. The molecular weight excluding hydrogens is 346 g/mol. The van der Waals surface area contributed by atoms with Crippen LogP contribution in [0.1, 0.15) is 41.9 Å². The highest BCUT2D eigenvalue weighted by atomic mass is 32.2. The van der Waals surface area contributed by atoms with Gasteiger partial charge in [-0.2, -0.15) is 0 Å². The van der Waals surface area contributed by atoms with Crippen LogP contribution in [0.2, 0.25) is 0 Å². The van der Waals surface area contributed by atoms with Gasteiger partial charge in [0.1, 0.15) is 0 Å². The van der Waals surface area contributed by atoms with Gasteiger partial charge in [0.2, 0.25) is 5.91 Å². The molecule has 1 amide bonds. The molecular formula is C19H23N5OS. The van der Waals surface area contributed by atoms with Crippen LogP contribution in [0.3, 0.4) is 0 Å². The zero-order valence-corrected chi connectivity index (χ0v) is 16.3. The summed E-state index contributed by atoms with van der Waals surface area (Å²) in [5, 5.41) is 12.1. The third kappa shape index (κ3) is 4.04. The topological polar surface area (TPSA) is 72.2 Å². The van der Waals surface area contributed by atoms with E-state index in [0.29, 0.717) is 10.9 Å². The maximum atomic E-state index is 12.4. The number of carbonyl (C=O) groups is 1. The highest BCUT2D eigenvalue weighted by Gasteiger charge is 2.15. The average Bonchev–Trinajstić information content (AvgIpc) is 3.02. The van der Waals surface area contributed by atoms with E-state index in [2.05, 4.69) is 58.6 Å². The molecule has 136 valence electrons. The lowest BCUT2D eigenvalue weighted by Gasteiger charge is -2.17. The van der Waals surface area contributed by atoms with Gasteiger partial charge in [0, 0.05) is 11.4 Å². The number of benzene rings is 1. The predicted molar refractivity (Wildman–Crippen MR) is 103 cm³/mol. The van der Waals surface area contributed by atoms with Crippen molar-refractivity contribution in [2.75, 3.05) is 5.75 Å². The minimum Gasteiger partial charge on any atom is -0.349 e. The number of hydrogen-bond acceptors (Lipinski definition) is 5. The lowest BCUT2D eigenvalue weighted by molar-refractivity contribution is -0.119. The second kappa shape index (κ2) is 7.86. The van der Waals surface area contributed by atoms with Crippen molar-refractivity contribution in [1.29, 1.82) is 0 Å². The third-order valence-electron chi connectivity index (χ3n) is 4.22. The molecule has 6 nitrogen and oxygen atoms in total. The summed E-state index contributed by atoms with van der Waals surface area (Å²) in [4.78, 5) is 16.8. The van der Waals surface area contributed by atoms with Gasteiger partial charge in [-0.3, -0.25) is 9.20 Å². The molecule has 7 heteroatoms. The number of aromatic nitrogens is 4. The minimum atomic E-state index is -0.0168. The molecule has 2 aromatic heterocycles. The summed E-state index contributed by atoms with van der Waals surface area (Å²) >= 11 is 1.37. The summed E-state index contributed by atoms with van der Waals surface area (Å²) in [6.07, 6.45) is 0.843. The summed E-state index contributed by atoms with van der Waals surface area (Å²) in [5.41, 5.74) is 4.25. The minimum absolute atomic E-state index is 0.0168. The van der Waals surface area contributed by atoms with Crippen molar-refractivity contribution in [1.82, 2.24) is 24.9 Å². The van der Waals surface area contributed by atoms with Gasteiger partial charge in [0.05, 0.1) is 11.8 Å². The molecule has 0 unspecified atom stereocenters. The summed E-state index contributed by atoms with van der Waals surface area (Å²) in [5.74, 6) is 0.838. The van der Waals surface area contributed by atoms with E-state index in [0.717, 1.165) is 23.4 Å². The van der Waals surface area contributed by atoms with Crippen LogP contribution >= 0.6 is 11.8 Å². The molecule has 0 spiro atoms. The highest BCUT2D eigenvalue weighted by Crippen LogP contribution is 2.20. The van der Waals surface area contributed by atoms with Crippen molar-refractivity contribution in [3.8, 4) is 0 Å². The van der Waals surface area contributed by atoms with E-state index in [4.69, 9.17) is 0 Å². The number of hydrogen-bond donors (Lipinski definition) is 1. The Bertz CT molecular complexity index is 920. The fraction of sp³-hybridized carbons (Fsp3) is 0.368. The van der Waals surface area contributed by atoms with Crippen LogP contribution in [0.15, 0.2) is 35.5 Å². The van der Waals surface area contributed by atoms with Crippen LogP contribution in [-0.4, -0.2) is 31.2 Å². The van der Waals surface area contributed by atoms with Crippen molar-refractivity contribution >= 4 is 23.4 Å². The molecule has 3 aromatic rings. The Morgan fingerprint density at radius 2 is 1.92 bits per heavy atom. The largest absolute Gasteiger partial charge is 0.349 e. The molecule has 0 aliphatic carbocycles. The smallest absolute Gasteiger partial charge is 0.256 e. The zero-order valence-electron chi connectivity index (χ0n) is 15.5. The number of rotatable bonds is 6. The molecule has 1 atom stereocenters. The van der Waals surface area contributed by atoms with Crippen LogP contribution in [0.25, 0.3) is 5.78 Å². The van der Waals surface area contributed by atoms with E-state index in [1.54, 1.807) is 0 Å². The summed E-state index contributed by atoms with van der Waals surface area (Å²) in [7, 11) is 0. The summed E-state index contributed by atoms with van der Waals surface area (Å²) in [6.45, 7) is 8.04. The molecule has 0 saturated carbocycles. The standard InChI is InChI=1S/C19H23N5OS/c1-5-16(15-8-6-12(2)7-9-15)21-17(25)11-26-19-23-22-18-20-13(3)10-14(4)24(18)19/h6-10,16H,5,11H2,1-4H3,(H,21,25)/t16-/m1/s1. The Morgan fingerprint density at radius 3 is 2.62 bits per heavy atom. The molecule has 1 aromatic carbocycles. The third-order valence-corrected chi connectivity index (χ3v) is 5.15. The molecule has 0 saturated heterocycles. The lowest BCUT2D eigenvalue weighted by atomic mass is 10.0. The fourth-order valence-corrected chi connectivity index (χ4v) is 3.68.